The molecule has 10 heteroatoms. The van der Waals surface area contributed by atoms with Crippen LogP contribution < -0.4 is 5.56 Å². The van der Waals surface area contributed by atoms with Gasteiger partial charge in [-0.1, -0.05) is 18.2 Å². The number of aromatic nitrogens is 6. The predicted molar refractivity (Wildman–Crippen MR) is 107 cm³/mol. The molecule has 7 nitrogen and oxygen atoms in total. The van der Waals surface area contributed by atoms with Crippen LogP contribution in [0.2, 0.25) is 0 Å². The molecule has 4 aromatic rings. The second kappa shape index (κ2) is 7.36. The molecule has 1 saturated carbocycles. The van der Waals surface area contributed by atoms with Crippen molar-refractivity contribution in [3.63, 3.8) is 0 Å². The van der Waals surface area contributed by atoms with Gasteiger partial charge in [0.2, 0.25) is 5.92 Å². The van der Waals surface area contributed by atoms with E-state index in [1.54, 1.807) is 42.7 Å². The molecule has 1 fully saturated rings. The molecule has 0 spiro atoms. The third-order valence-corrected chi connectivity index (χ3v) is 5.72. The minimum atomic E-state index is -2.68. The highest BCUT2D eigenvalue weighted by Gasteiger charge is 2.36. The van der Waals surface area contributed by atoms with Crippen LogP contribution in [0.3, 0.4) is 0 Å². The third-order valence-electron chi connectivity index (χ3n) is 5.72. The smallest absolute Gasteiger partial charge is 0.262 e. The fourth-order valence-corrected chi connectivity index (χ4v) is 4.08. The van der Waals surface area contributed by atoms with Gasteiger partial charge in [-0.15, -0.1) is 0 Å². The maximum absolute atomic E-state index is 15.6. The number of nitrogens with zero attached hydrogens (tertiary/aromatic N) is 5. The van der Waals surface area contributed by atoms with Gasteiger partial charge in [0, 0.05) is 30.8 Å². The SMILES string of the molecule is O=c1[nH]c(C(F)c2ccccc2-n2cccn2)nc2c1cnn2C1CCC(F)(F)CC1. The Labute approximate surface area is 174 Å². The zero-order valence-electron chi connectivity index (χ0n) is 16.4. The second-order valence-corrected chi connectivity index (χ2v) is 7.74. The molecular weight excluding hydrogens is 409 g/mol. The third kappa shape index (κ3) is 3.51. The van der Waals surface area contributed by atoms with Gasteiger partial charge in [-0.3, -0.25) is 4.79 Å². The van der Waals surface area contributed by atoms with Crippen LogP contribution in [0.1, 0.15) is 49.3 Å². The van der Waals surface area contributed by atoms with Crippen molar-refractivity contribution in [1.82, 2.24) is 29.5 Å². The molecule has 0 aliphatic heterocycles. The van der Waals surface area contributed by atoms with Gasteiger partial charge in [0.05, 0.1) is 17.9 Å². The normalized spacial score (nSPS) is 17.8. The fourth-order valence-electron chi connectivity index (χ4n) is 4.08. The van der Waals surface area contributed by atoms with E-state index in [-0.39, 0.29) is 54.1 Å². The van der Waals surface area contributed by atoms with Crippen LogP contribution in [0.25, 0.3) is 16.7 Å². The van der Waals surface area contributed by atoms with Gasteiger partial charge < -0.3 is 4.98 Å². The van der Waals surface area contributed by atoms with E-state index in [2.05, 4.69) is 20.2 Å². The first-order valence-corrected chi connectivity index (χ1v) is 10.0. The van der Waals surface area contributed by atoms with Crippen molar-refractivity contribution in [2.24, 2.45) is 0 Å². The molecule has 3 aromatic heterocycles. The maximum Gasteiger partial charge on any atom is 0.262 e. The number of benzene rings is 1. The Bertz CT molecular complexity index is 1270. The lowest BCUT2D eigenvalue weighted by Gasteiger charge is -2.28. The number of nitrogens with one attached hydrogen (secondary N) is 1. The fraction of sp³-hybridized carbons (Fsp3) is 0.333. The second-order valence-electron chi connectivity index (χ2n) is 7.74. The van der Waals surface area contributed by atoms with Crippen molar-refractivity contribution >= 4 is 11.0 Å². The first kappa shape index (κ1) is 19.5. The van der Waals surface area contributed by atoms with Gasteiger partial charge >= 0.3 is 0 Å². The molecule has 5 rings (SSSR count). The van der Waals surface area contributed by atoms with Crippen LogP contribution in [-0.4, -0.2) is 35.5 Å². The standard InChI is InChI=1S/C21H19F3N6O/c22-17(14-4-1-2-5-16(14)29-11-3-10-25-29)18-27-19-15(20(31)28-18)12-26-30(19)13-6-8-21(23,24)9-7-13/h1-5,10-13,17H,6-9H2,(H,27,28,31). The topological polar surface area (TPSA) is 81.4 Å². The predicted octanol–water partition coefficient (Wildman–Crippen LogP) is 4.11. The number of alkyl halides is 3. The van der Waals surface area contributed by atoms with E-state index in [0.717, 1.165) is 0 Å². The van der Waals surface area contributed by atoms with Crippen molar-refractivity contribution < 1.29 is 13.2 Å². The number of hydrogen-bond donors (Lipinski definition) is 1. The molecule has 1 aliphatic carbocycles. The number of rotatable bonds is 4. The number of halogens is 3. The quantitative estimate of drug-likeness (QED) is 0.530. The Morgan fingerprint density at radius 1 is 1.13 bits per heavy atom. The molecule has 0 radical (unpaired) electrons. The van der Waals surface area contributed by atoms with Crippen molar-refractivity contribution in [3.8, 4) is 5.69 Å². The molecule has 31 heavy (non-hydrogen) atoms. The highest BCUT2D eigenvalue weighted by Crippen LogP contribution is 2.39. The zero-order valence-corrected chi connectivity index (χ0v) is 16.4. The summed E-state index contributed by atoms with van der Waals surface area (Å²) in [4.78, 5) is 19.5. The van der Waals surface area contributed by atoms with Crippen LogP contribution in [0, 0.1) is 0 Å². The first-order valence-electron chi connectivity index (χ1n) is 10.0. The van der Waals surface area contributed by atoms with E-state index in [1.165, 1.54) is 15.6 Å². The first-order chi connectivity index (χ1) is 14.9. The average Bonchev–Trinajstić information content (AvgIpc) is 3.44. The molecule has 1 N–H and O–H groups in total. The number of H-pyrrole nitrogens is 1. The summed E-state index contributed by atoms with van der Waals surface area (Å²) in [5, 5.41) is 8.57. The van der Waals surface area contributed by atoms with E-state index >= 15 is 4.39 Å². The highest BCUT2D eigenvalue weighted by atomic mass is 19.3. The average molecular weight is 428 g/mol. The molecule has 0 bridgehead atoms. The molecule has 3 heterocycles. The van der Waals surface area contributed by atoms with Gasteiger partial charge in [0.1, 0.15) is 5.39 Å². The summed E-state index contributed by atoms with van der Waals surface area (Å²) in [6.45, 7) is 0. The molecule has 1 unspecified atom stereocenters. The minimum Gasteiger partial charge on any atom is -0.307 e. The van der Waals surface area contributed by atoms with Crippen LogP contribution in [0.15, 0.2) is 53.7 Å². The Morgan fingerprint density at radius 2 is 1.90 bits per heavy atom. The van der Waals surface area contributed by atoms with Crippen molar-refractivity contribution in [3.05, 3.63) is 70.7 Å². The lowest BCUT2D eigenvalue weighted by Crippen LogP contribution is -2.27. The summed E-state index contributed by atoms with van der Waals surface area (Å²) in [5.41, 5.74) is 0.489. The van der Waals surface area contributed by atoms with Crippen molar-refractivity contribution in [2.45, 2.75) is 43.8 Å². The van der Waals surface area contributed by atoms with E-state index < -0.39 is 17.7 Å². The van der Waals surface area contributed by atoms with Crippen LogP contribution in [0.5, 0.6) is 0 Å². The summed E-state index contributed by atoms with van der Waals surface area (Å²) >= 11 is 0. The Hall–Kier alpha value is -3.43. The van der Waals surface area contributed by atoms with Gasteiger partial charge in [0.15, 0.2) is 17.6 Å². The summed E-state index contributed by atoms with van der Waals surface area (Å²) in [6.07, 6.45) is 2.83. The zero-order chi connectivity index (χ0) is 21.6. The van der Waals surface area contributed by atoms with E-state index in [9.17, 15) is 13.6 Å². The molecule has 0 amide bonds. The van der Waals surface area contributed by atoms with E-state index in [1.807, 2.05) is 0 Å². The largest absolute Gasteiger partial charge is 0.307 e. The van der Waals surface area contributed by atoms with Crippen molar-refractivity contribution in [2.75, 3.05) is 0 Å². The Morgan fingerprint density at radius 3 is 2.65 bits per heavy atom. The molecule has 1 aliphatic rings. The summed E-state index contributed by atoms with van der Waals surface area (Å²) in [7, 11) is 0. The Balaban J connectivity index is 1.55. The van der Waals surface area contributed by atoms with Crippen LogP contribution in [0.4, 0.5) is 13.2 Å². The summed E-state index contributed by atoms with van der Waals surface area (Å²) in [5.74, 6) is -2.85. The van der Waals surface area contributed by atoms with Crippen LogP contribution in [-0.2, 0) is 0 Å². The summed E-state index contributed by atoms with van der Waals surface area (Å²) in [6, 6.07) is 8.19. The molecule has 1 atom stereocenters. The number of fused-ring (bicyclic) bond motifs is 1. The van der Waals surface area contributed by atoms with Crippen LogP contribution >= 0.6 is 0 Å². The molecule has 160 valence electrons. The number of para-hydroxylation sites is 1. The lowest BCUT2D eigenvalue weighted by atomic mass is 9.92. The number of hydrogen-bond acceptors (Lipinski definition) is 4. The monoisotopic (exact) mass is 428 g/mol. The maximum atomic E-state index is 15.6. The van der Waals surface area contributed by atoms with Gasteiger partial charge in [-0.25, -0.2) is 27.5 Å². The van der Waals surface area contributed by atoms with Gasteiger partial charge in [-0.2, -0.15) is 10.2 Å². The minimum absolute atomic E-state index is 0.167. The van der Waals surface area contributed by atoms with Gasteiger partial charge in [-0.05, 0) is 25.0 Å². The molecule has 1 aromatic carbocycles. The number of aromatic amines is 1. The molecular formula is C21H19F3N6O. The van der Waals surface area contributed by atoms with Gasteiger partial charge in [0.25, 0.3) is 5.56 Å². The molecule has 0 saturated heterocycles. The lowest BCUT2D eigenvalue weighted by molar-refractivity contribution is -0.0446. The van der Waals surface area contributed by atoms with E-state index in [4.69, 9.17) is 0 Å². The van der Waals surface area contributed by atoms with Crippen molar-refractivity contribution in [1.29, 1.82) is 0 Å². The Kier molecular flexibility index (Phi) is 4.64. The highest BCUT2D eigenvalue weighted by molar-refractivity contribution is 5.73. The van der Waals surface area contributed by atoms with E-state index in [0.29, 0.717) is 5.69 Å². The summed E-state index contributed by atoms with van der Waals surface area (Å²) < 4.78 is 45.7.